The summed E-state index contributed by atoms with van der Waals surface area (Å²) in [5.41, 5.74) is 11.4. The second-order valence-corrected chi connectivity index (χ2v) is 10.7. The Kier molecular flexibility index (Phi) is 6.16. The first-order valence-electron chi connectivity index (χ1n) is 14.4. The Bertz CT molecular complexity index is 2160. The van der Waals surface area contributed by atoms with Gasteiger partial charge in [0.2, 0.25) is 0 Å². The summed E-state index contributed by atoms with van der Waals surface area (Å²) >= 11 is 0. The van der Waals surface area contributed by atoms with E-state index in [4.69, 9.17) is 9.41 Å². The molecular weight excluding hydrogens is 526 g/mol. The summed E-state index contributed by atoms with van der Waals surface area (Å²) in [7, 11) is 0. The topological polar surface area (TPSA) is 50.4 Å². The molecule has 1 unspecified atom stereocenters. The predicted molar refractivity (Wildman–Crippen MR) is 176 cm³/mol. The van der Waals surface area contributed by atoms with Gasteiger partial charge in [-0.1, -0.05) is 115 Å². The number of para-hydroxylation sites is 1. The molecule has 1 N–H and O–H groups in total. The van der Waals surface area contributed by atoms with Gasteiger partial charge in [-0.2, -0.15) is 0 Å². The van der Waals surface area contributed by atoms with Gasteiger partial charge in [-0.3, -0.25) is 9.98 Å². The van der Waals surface area contributed by atoms with Crippen LogP contribution in [-0.4, -0.2) is 10.7 Å². The number of nitrogens with zero attached hydrogens (tertiary/aromatic N) is 2. The van der Waals surface area contributed by atoms with Gasteiger partial charge in [0, 0.05) is 51.1 Å². The molecule has 1 atom stereocenters. The van der Waals surface area contributed by atoms with Crippen molar-refractivity contribution in [2.45, 2.75) is 6.17 Å². The van der Waals surface area contributed by atoms with E-state index in [9.17, 15) is 0 Å². The van der Waals surface area contributed by atoms with Crippen molar-refractivity contribution in [1.82, 2.24) is 10.3 Å². The Balaban J connectivity index is 1.30. The maximum absolute atomic E-state index is 6.26. The molecule has 0 aliphatic carbocycles. The molecule has 1 aliphatic heterocycles. The Morgan fingerprint density at radius 2 is 1.23 bits per heavy atom. The van der Waals surface area contributed by atoms with Crippen LogP contribution in [0.3, 0.4) is 0 Å². The van der Waals surface area contributed by atoms with Crippen molar-refractivity contribution < 1.29 is 4.42 Å². The van der Waals surface area contributed by atoms with Gasteiger partial charge >= 0.3 is 0 Å². The molecule has 0 fully saturated rings. The highest BCUT2D eigenvalue weighted by atomic mass is 16.3. The molecule has 0 bridgehead atoms. The summed E-state index contributed by atoms with van der Waals surface area (Å²) in [6.45, 7) is 0. The van der Waals surface area contributed by atoms with Crippen molar-refractivity contribution in [3.8, 4) is 22.3 Å². The number of furan rings is 1. The minimum atomic E-state index is -0.321. The lowest BCUT2D eigenvalue weighted by molar-refractivity contribution is 0.650. The second-order valence-electron chi connectivity index (χ2n) is 10.7. The number of fused-ring (bicyclic) bond motifs is 3. The van der Waals surface area contributed by atoms with Crippen molar-refractivity contribution in [3.63, 3.8) is 0 Å². The number of hydrogen-bond donors (Lipinski definition) is 1. The molecule has 2 aromatic heterocycles. The van der Waals surface area contributed by atoms with Crippen LogP contribution in [0, 0.1) is 0 Å². The van der Waals surface area contributed by atoms with Crippen molar-refractivity contribution >= 4 is 33.3 Å². The number of allylic oxidation sites excluding steroid dienone is 1. The minimum Gasteiger partial charge on any atom is -0.456 e. The lowest BCUT2D eigenvalue weighted by Gasteiger charge is -2.26. The van der Waals surface area contributed by atoms with Crippen molar-refractivity contribution in [2.24, 2.45) is 4.99 Å². The smallest absolute Gasteiger partial charge is 0.145 e. The average molecular weight is 554 g/mol. The zero-order valence-electron chi connectivity index (χ0n) is 23.3. The maximum Gasteiger partial charge on any atom is 0.145 e. The second kappa shape index (κ2) is 10.6. The summed E-state index contributed by atoms with van der Waals surface area (Å²) in [6, 6.07) is 46.1. The van der Waals surface area contributed by atoms with E-state index in [1.807, 2.05) is 36.5 Å². The van der Waals surface area contributed by atoms with Gasteiger partial charge in [-0.05, 0) is 41.0 Å². The largest absolute Gasteiger partial charge is 0.456 e. The number of rotatable bonds is 5. The molecule has 0 saturated heterocycles. The highest BCUT2D eigenvalue weighted by Crippen LogP contribution is 2.36. The quantitative estimate of drug-likeness (QED) is 0.231. The maximum atomic E-state index is 6.26. The lowest BCUT2D eigenvalue weighted by Crippen LogP contribution is -2.25. The Labute approximate surface area is 249 Å². The summed E-state index contributed by atoms with van der Waals surface area (Å²) in [6.07, 6.45) is 5.57. The van der Waals surface area contributed by atoms with Crippen LogP contribution >= 0.6 is 0 Å². The van der Waals surface area contributed by atoms with Crippen LogP contribution in [0.5, 0.6) is 0 Å². The first-order valence-corrected chi connectivity index (χ1v) is 14.4. The van der Waals surface area contributed by atoms with Gasteiger partial charge in [0.15, 0.2) is 0 Å². The number of benzene rings is 5. The molecule has 204 valence electrons. The molecule has 4 heteroatoms. The van der Waals surface area contributed by atoms with E-state index < -0.39 is 0 Å². The molecule has 0 spiro atoms. The number of hydrogen-bond acceptors (Lipinski definition) is 4. The Morgan fingerprint density at radius 3 is 2.05 bits per heavy atom. The SMILES string of the molecule is C1=C(c2ccccc2-c2cccnc2)NC(c2ccc3c(c2)oc2ccccc23)N=C1c1ccccc1-c1ccccc1. The van der Waals surface area contributed by atoms with Crippen LogP contribution in [0.1, 0.15) is 22.9 Å². The molecule has 0 radical (unpaired) electrons. The van der Waals surface area contributed by atoms with E-state index in [1.165, 1.54) is 0 Å². The van der Waals surface area contributed by atoms with E-state index in [-0.39, 0.29) is 6.17 Å². The van der Waals surface area contributed by atoms with E-state index in [0.29, 0.717) is 0 Å². The fourth-order valence-corrected chi connectivity index (χ4v) is 5.98. The summed E-state index contributed by atoms with van der Waals surface area (Å²) < 4.78 is 6.26. The number of pyridine rings is 1. The molecule has 1 aliphatic rings. The van der Waals surface area contributed by atoms with Crippen molar-refractivity contribution in [2.75, 3.05) is 0 Å². The first-order chi connectivity index (χ1) is 21.3. The lowest BCUT2D eigenvalue weighted by atomic mass is 9.92. The van der Waals surface area contributed by atoms with Crippen LogP contribution in [0.25, 0.3) is 49.9 Å². The molecular formula is C39H27N3O. The standard InChI is InChI=1S/C39H27N3O/c1-2-11-26(12-3-1)29-14-4-6-16-31(29)35-24-36(32-17-7-5-15-30(32)28-13-10-22-40-25-28)42-39(41-35)27-20-21-34-33-18-8-9-19-37(33)43-38(34)23-27/h1-25,39,42H. The van der Waals surface area contributed by atoms with E-state index >= 15 is 0 Å². The predicted octanol–water partition coefficient (Wildman–Crippen LogP) is 9.45. The zero-order valence-corrected chi connectivity index (χ0v) is 23.3. The molecule has 4 nitrogen and oxygen atoms in total. The molecule has 3 heterocycles. The van der Waals surface area contributed by atoms with Crippen LogP contribution in [0.4, 0.5) is 0 Å². The number of aromatic nitrogens is 1. The van der Waals surface area contributed by atoms with Gasteiger partial charge in [0.25, 0.3) is 0 Å². The van der Waals surface area contributed by atoms with E-state index in [2.05, 4.69) is 120 Å². The zero-order chi connectivity index (χ0) is 28.6. The van der Waals surface area contributed by atoms with Gasteiger partial charge < -0.3 is 9.73 Å². The van der Waals surface area contributed by atoms with Gasteiger partial charge in [-0.25, -0.2) is 0 Å². The third-order valence-electron chi connectivity index (χ3n) is 8.04. The van der Waals surface area contributed by atoms with E-state index in [1.54, 1.807) is 6.20 Å². The molecule has 0 amide bonds. The molecule has 5 aromatic carbocycles. The summed E-state index contributed by atoms with van der Waals surface area (Å²) in [5, 5.41) is 5.99. The van der Waals surface area contributed by atoms with E-state index in [0.717, 1.165) is 72.3 Å². The average Bonchev–Trinajstić information content (AvgIpc) is 3.47. The normalized spacial score (nSPS) is 14.7. The van der Waals surface area contributed by atoms with Crippen LogP contribution in [0.2, 0.25) is 0 Å². The molecule has 0 saturated carbocycles. The van der Waals surface area contributed by atoms with Gasteiger partial charge in [-0.15, -0.1) is 0 Å². The Morgan fingerprint density at radius 1 is 0.558 bits per heavy atom. The third kappa shape index (κ3) is 4.59. The highest BCUT2D eigenvalue weighted by molar-refractivity contribution is 6.16. The highest BCUT2D eigenvalue weighted by Gasteiger charge is 2.23. The number of aliphatic imine (C=N–C) groups is 1. The van der Waals surface area contributed by atoms with Gasteiger partial charge in [0.1, 0.15) is 17.3 Å². The Hall–Kier alpha value is -5.74. The number of nitrogens with one attached hydrogen (secondary N) is 1. The summed E-state index contributed by atoms with van der Waals surface area (Å²) in [4.78, 5) is 9.71. The fraction of sp³-hybridized carbons (Fsp3) is 0.0256. The molecule has 8 rings (SSSR count). The fourth-order valence-electron chi connectivity index (χ4n) is 5.98. The van der Waals surface area contributed by atoms with Crippen molar-refractivity contribution in [3.05, 3.63) is 169 Å². The van der Waals surface area contributed by atoms with Crippen LogP contribution < -0.4 is 5.32 Å². The van der Waals surface area contributed by atoms with Crippen molar-refractivity contribution in [1.29, 1.82) is 0 Å². The van der Waals surface area contributed by atoms with Crippen LogP contribution in [-0.2, 0) is 0 Å². The van der Waals surface area contributed by atoms with Crippen LogP contribution in [0.15, 0.2) is 161 Å². The molecule has 43 heavy (non-hydrogen) atoms. The first kappa shape index (κ1) is 25.0. The van der Waals surface area contributed by atoms with Gasteiger partial charge in [0.05, 0.1) is 5.71 Å². The minimum absolute atomic E-state index is 0.321. The summed E-state index contributed by atoms with van der Waals surface area (Å²) in [5.74, 6) is 0. The molecule has 7 aromatic rings. The third-order valence-corrected chi connectivity index (χ3v) is 8.04. The monoisotopic (exact) mass is 553 g/mol.